The number of aryl methyl sites for hydroxylation is 3. The van der Waals surface area contributed by atoms with Crippen LogP contribution in [0.15, 0.2) is 60.9 Å². The van der Waals surface area contributed by atoms with Gasteiger partial charge in [0.05, 0.1) is 40.1 Å². The van der Waals surface area contributed by atoms with Crippen LogP contribution in [0.5, 0.6) is 5.75 Å². The van der Waals surface area contributed by atoms with Crippen LogP contribution in [0.2, 0.25) is 0 Å². The van der Waals surface area contributed by atoms with Gasteiger partial charge >= 0.3 is 0 Å². The zero-order valence-corrected chi connectivity index (χ0v) is 30.2. The first-order valence-electron chi connectivity index (χ1n) is 18.9. The average molecular weight is 645 g/mol. The van der Waals surface area contributed by atoms with Gasteiger partial charge in [0.25, 0.3) is 0 Å². The van der Waals surface area contributed by atoms with Gasteiger partial charge < -0.3 is 13.9 Å². The highest BCUT2D eigenvalue weighted by molar-refractivity contribution is 6.11. The van der Waals surface area contributed by atoms with Gasteiger partial charge in [0.2, 0.25) is 0 Å². The van der Waals surface area contributed by atoms with Crippen LogP contribution in [0.1, 0.15) is 127 Å². The monoisotopic (exact) mass is 644 g/mol. The Hall–Kier alpha value is -3.86. The van der Waals surface area contributed by atoms with Gasteiger partial charge in [0.1, 0.15) is 11.9 Å². The van der Waals surface area contributed by atoms with Crippen molar-refractivity contribution in [1.29, 1.82) is 0 Å². The SMILES string of the molecule is CCCCCCCCCCCC(n1c2cc(C)ccc2c2ccnc(C)c21)n1c2cc(OCCCCCC)ccc2c2ccnc(C)c21. The molecule has 2 aromatic carbocycles. The molecule has 6 rings (SSSR count). The largest absolute Gasteiger partial charge is 0.494 e. The lowest BCUT2D eigenvalue weighted by Crippen LogP contribution is -2.19. The normalized spacial score (nSPS) is 12.6. The maximum atomic E-state index is 6.40. The van der Waals surface area contributed by atoms with E-state index < -0.39 is 0 Å². The number of fused-ring (bicyclic) bond motifs is 6. The smallest absolute Gasteiger partial charge is 0.121 e. The molecule has 5 nitrogen and oxygen atoms in total. The molecule has 0 saturated carbocycles. The molecule has 0 aliphatic heterocycles. The summed E-state index contributed by atoms with van der Waals surface area (Å²) < 4.78 is 11.6. The average Bonchev–Trinajstić information content (AvgIpc) is 3.59. The quantitative estimate of drug-likeness (QED) is 0.0875. The Morgan fingerprint density at radius 3 is 1.69 bits per heavy atom. The van der Waals surface area contributed by atoms with Gasteiger partial charge in [-0.3, -0.25) is 9.97 Å². The highest BCUT2D eigenvalue weighted by atomic mass is 16.5. The molecule has 5 heteroatoms. The number of nitrogens with zero attached hydrogens (tertiary/aromatic N) is 4. The van der Waals surface area contributed by atoms with E-state index in [2.05, 4.69) is 92.3 Å². The van der Waals surface area contributed by atoms with Gasteiger partial charge in [0, 0.05) is 40.0 Å². The second kappa shape index (κ2) is 16.0. The topological polar surface area (TPSA) is 44.9 Å². The summed E-state index contributed by atoms with van der Waals surface area (Å²) in [5.74, 6) is 0.950. The van der Waals surface area contributed by atoms with Crippen LogP contribution >= 0.6 is 0 Å². The molecule has 0 N–H and O–H groups in total. The van der Waals surface area contributed by atoms with Crippen LogP contribution in [0.25, 0.3) is 43.6 Å². The molecule has 0 amide bonds. The number of hydrogen-bond donors (Lipinski definition) is 0. The Bertz CT molecular complexity index is 1970. The van der Waals surface area contributed by atoms with E-state index in [1.54, 1.807) is 0 Å². The first-order valence-corrected chi connectivity index (χ1v) is 18.9. The molecule has 254 valence electrons. The summed E-state index contributed by atoms with van der Waals surface area (Å²) in [6, 6.07) is 18.1. The van der Waals surface area contributed by atoms with Crippen LogP contribution in [0.3, 0.4) is 0 Å². The molecule has 1 atom stereocenters. The molecule has 4 heterocycles. The summed E-state index contributed by atoms with van der Waals surface area (Å²) in [5, 5.41) is 5.10. The van der Waals surface area contributed by atoms with Crippen LogP contribution in [0, 0.1) is 20.8 Å². The Labute approximate surface area is 287 Å². The van der Waals surface area contributed by atoms with Gasteiger partial charge in [0.15, 0.2) is 0 Å². The fourth-order valence-corrected chi connectivity index (χ4v) is 7.85. The van der Waals surface area contributed by atoms with Crippen molar-refractivity contribution in [2.75, 3.05) is 6.61 Å². The molecule has 48 heavy (non-hydrogen) atoms. The molecule has 1 unspecified atom stereocenters. The van der Waals surface area contributed by atoms with Gasteiger partial charge in [-0.1, -0.05) is 96.6 Å². The van der Waals surface area contributed by atoms with E-state index in [1.165, 1.54) is 126 Å². The number of rotatable bonds is 18. The van der Waals surface area contributed by atoms with Crippen LogP contribution < -0.4 is 4.74 Å². The zero-order chi connectivity index (χ0) is 33.5. The number of benzene rings is 2. The highest BCUT2D eigenvalue weighted by Gasteiger charge is 2.26. The van der Waals surface area contributed by atoms with Crippen LogP contribution in [-0.4, -0.2) is 25.7 Å². The van der Waals surface area contributed by atoms with E-state index in [0.29, 0.717) is 0 Å². The third kappa shape index (κ3) is 7.11. The molecule has 4 aromatic heterocycles. The van der Waals surface area contributed by atoms with Crippen molar-refractivity contribution in [3.05, 3.63) is 77.9 Å². The fourth-order valence-electron chi connectivity index (χ4n) is 7.85. The summed E-state index contributed by atoms with van der Waals surface area (Å²) in [7, 11) is 0. The number of ether oxygens (including phenoxy) is 1. The van der Waals surface area contributed by atoms with Crippen molar-refractivity contribution in [3.63, 3.8) is 0 Å². The molecule has 0 bridgehead atoms. The van der Waals surface area contributed by atoms with Crippen molar-refractivity contribution in [3.8, 4) is 5.75 Å². The van der Waals surface area contributed by atoms with Crippen molar-refractivity contribution < 1.29 is 4.74 Å². The van der Waals surface area contributed by atoms with Gasteiger partial charge in [-0.05, 0) is 75.9 Å². The minimum absolute atomic E-state index is 0.0574. The lowest BCUT2D eigenvalue weighted by atomic mass is 10.1. The standard InChI is InChI=1S/C43H56N4O/c1-6-8-10-12-13-14-15-16-17-19-41(46-39-29-31(3)20-22-35(39)37-24-26-44-32(4)42(37)46)47-40-30-34(48-28-18-11-9-7-2)21-23-36(40)38-25-27-45-33(5)43(38)47/h20-27,29-30,41H,6-19,28H2,1-5H3. The van der Waals surface area contributed by atoms with Crippen molar-refractivity contribution in [2.24, 2.45) is 0 Å². The summed E-state index contributed by atoms with van der Waals surface area (Å²) >= 11 is 0. The number of unbranched alkanes of at least 4 members (excludes halogenated alkanes) is 11. The summed E-state index contributed by atoms with van der Waals surface area (Å²) in [4.78, 5) is 9.71. The summed E-state index contributed by atoms with van der Waals surface area (Å²) in [6.07, 6.45) is 21.7. The number of aromatic nitrogens is 4. The second-order valence-electron chi connectivity index (χ2n) is 14.0. The third-order valence-electron chi connectivity index (χ3n) is 10.3. The van der Waals surface area contributed by atoms with E-state index in [4.69, 9.17) is 14.7 Å². The third-order valence-corrected chi connectivity index (χ3v) is 10.3. The van der Waals surface area contributed by atoms with Gasteiger partial charge in [-0.15, -0.1) is 0 Å². The zero-order valence-electron chi connectivity index (χ0n) is 30.2. The predicted molar refractivity (Wildman–Crippen MR) is 205 cm³/mol. The van der Waals surface area contributed by atoms with E-state index in [9.17, 15) is 0 Å². The maximum absolute atomic E-state index is 6.40. The lowest BCUT2D eigenvalue weighted by Gasteiger charge is -2.26. The molecule has 0 spiro atoms. The summed E-state index contributed by atoms with van der Waals surface area (Å²) in [5.41, 5.74) is 8.37. The minimum Gasteiger partial charge on any atom is -0.494 e. The highest BCUT2D eigenvalue weighted by Crippen LogP contribution is 2.41. The molecule has 6 aromatic rings. The van der Waals surface area contributed by atoms with E-state index in [-0.39, 0.29) is 6.17 Å². The van der Waals surface area contributed by atoms with Gasteiger partial charge in [-0.2, -0.15) is 0 Å². The van der Waals surface area contributed by atoms with E-state index >= 15 is 0 Å². The minimum atomic E-state index is 0.0574. The van der Waals surface area contributed by atoms with E-state index in [0.717, 1.165) is 36.6 Å². The van der Waals surface area contributed by atoms with Crippen molar-refractivity contribution in [1.82, 2.24) is 19.1 Å². The van der Waals surface area contributed by atoms with Gasteiger partial charge in [-0.25, -0.2) is 0 Å². The fraction of sp³-hybridized carbons (Fsp3) is 0.488. The molecule has 0 saturated heterocycles. The molecule has 0 aliphatic rings. The Kier molecular flexibility index (Phi) is 11.4. The van der Waals surface area contributed by atoms with E-state index in [1.807, 2.05) is 12.4 Å². The Morgan fingerprint density at radius 2 is 1.08 bits per heavy atom. The Balaban J connectivity index is 1.47. The second-order valence-corrected chi connectivity index (χ2v) is 14.0. The predicted octanol–water partition coefficient (Wildman–Crippen LogP) is 12.5. The Morgan fingerprint density at radius 1 is 0.562 bits per heavy atom. The maximum Gasteiger partial charge on any atom is 0.121 e. The number of hydrogen-bond acceptors (Lipinski definition) is 3. The molecule has 0 fully saturated rings. The molecular weight excluding hydrogens is 589 g/mol. The van der Waals surface area contributed by atoms with Crippen LogP contribution in [0.4, 0.5) is 0 Å². The molecule has 0 aliphatic carbocycles. The molecular formula is C43H56N4O. The first kappa shape index (κ1) is 34.0. The van der Waals surface area contributed by atoms with Crippen molar-refractivity contribution >= 4 is 43.6 Å². The van der Waals surface area contributed by atoms with Crippen molar-refractivity contribution in [2.45, 2.75) is 131 Å². The summed E-state index contributed by atoms with van der Waals surface area (Å²) in [6.45, 7) is 11.9. The van der Waals surface area contributed by atoms with Crippen LogP contribution in [-0.2, 0) is 0 Å². The lowest BCUT2D eigenvalue weighted by molar-refractivity contribution is 0.305. The first-order chi connectivity index (χ1) is 23.5. The number of pyridine rings is 2. The molecule has 0 radical (unpaired) electrons.